The quantitative estimate of drug-likeness (QED) is 0.773. The maximum Gasteiger partial charge on any atom is 0.0443 e. The lowest BCUT2D eigenvalue weighted by Crippen LogP contribution is -2.35. The summed E-state index contributed by atoms with van der Waals surface area (Å²) in [5.41, 5.74) is 3.11. The molecule has 20 heavy (non-hydrogen) atoms. The average molecular weight is 292 g/mol. The van der Waals surface area contributed by atoms with Gasteiger partial charge in [0.05, 0.1) is 0 Å². The van der Waals surface area contributed by atoms with Crippen molar-refractivity contribution in [3.05, 3.63) is 35.4 Å². The summed E-state index contributed by atoms with van der Waals surface area (Å²) in [5.74, 6) is 2.14. The molecule has 0 fully saturated rings. The Morgan fingerprint density at radius 1 is 1.30 bits per heavy atom. The highest BCUT2D eigenvalue weighted by Gasteiger charge is 2.29. The number of nitrogens with one attached hydrogen (secondary N) is 1. The second-order valence-corrected chi connectivity index (χ2v) is 7.33. The first-order valence-corrected chi connectivity index (χ1v) is 9.23. The normalized spacial score (nSPS) is 23.4. The highest BCUT2D eigenvalue weighted by Crippen LogP contribution is 2.37. The van der Waals surface area contributed by atoms with Crippen LogP contribution in [-0.2, 0) is 6.42 Å². The second kappa shape index (κ2) is 8.09. The molecular weight excluding hydrogens is 262 g/mol. The zero-order chi connectivity index (χ0) is 14.4. The maximum atomic E-state index is 3.80. The summed E-state index contributed by atoms with van der Waals surface area (Å²) in [6.07, 6.45) is 5.07. The van der Waals surface area contributed by atoms with E-state index in [0.29, 0.717) is 6.04 Å². The molecular formula is C18H29NS. The molecule has 1 N–H and O–H groups in total. The predicted octanol–water partition coefficient (Wildman–Crippen LogP) is 4.82. The molecule has 0 aromatic heterocycles. The molecule has 0 aliphatic heterocycles. The van der Waals surface area contributed by atoms with Crippen LogP contribution in [0.1, 0.15) is 57.2 Å². The molecule has 3 atom stereocenters. The summed E-state index contributed by atoms with van der Waals surface area (Å²) in [6, 6.07) is 9.57. The summed E-state index contributed by atoms with van der Waals surface area (Å²) in [6.45, 7) is 8.05. The minimum atomic E-state index is 0.550. The first-order valence-electron chi connectivity index (χ1n) is 8.19. The molecule has 0 amide bonds. The number of hydrogen-bond acceptors (Lipinski definition) is 2. The summed E-state index contributed by atoms with van der Waals surface area (Å²) in [4.78, 5) is 0. The lowest BCUT2D eigenvalue weighted by atomic mass is 9.87. The Labute approximate surface area is 128 Å². The van der Waals surface area contributed by atoms with Gasteiger partial charge in [-0.15, -0.1) is 0 Å². The first kappa shape index (κ1) is 15.9. The summed E-state index contributed by atoms with van der Waals surface area (Å²) >= 11 is 2.19. The summed E-state index contributed by atoms with van der Waals surface area (Å²) in [5, 5.41) is 4.54. The number of thioether (sulfide) groups is 1. The van der Waals surface area contributed by atoms with Crippen LogP contribution in [0.5, 0.6) is 0 Å². The van der Waals surface area contributed by atoms with Crippen molar-refractivity contribution >= 4 is 11.8 Å². The van der Waals surface area contributed by atoms with Crippen LogP contribution in [0.2, 0.25) is 0 Å². The average Bonchev–Trinajstić information content (AvgIpc) is 2.50. The molecule has 0 bridgehead atoms. The molecule has 2 rings (SSSR count). The van der Waals surface area contributed by atoms with E-state index in [1.165, 1.54) is 31.4 Å². The van der Waals surface area contributed by atoms with Crippen molar-refractivity contribution < 1.29 is 0 Å². The highest BCUT2D eigenvalue weighted by molar-refractivity contribution is 7.99. The van der Waals surface area contributed by atoms with E-state index in [4.69, 9.17) is 0 Å². The molecule has 1 aromatic carbocycles. The van der Waals surface area contributed by atoms with Gasteiger partial charge in [-0.2, -0.15) is 11.8 Å². The largest absolute Gasteiger partial charge is 0.309 e. The molecule has 0 radical (unpaired) electrons. The van der Waals surface area contributed by atoms with Crippen molar-refractivity contribution in [1.29, 1.82) is 0 Å². The van der Waals surface area contributed by atoms with Crippen LogP contribution in [0.25, 0.3) is 0 Å². The van der Waals surface area contributed by atoms with E-state index in [0.717, 1.165) is 17.7 Å². The first-order chi connectivity index (χ1) is 9.76. The monoisotopic (exact) mass is 291 g/mol. The van der Waals surface area contributed by atoms with Gasteiger partial charge in [0.1, 0.15) is 0 Å². The standard InChI is InChI=1S/C18H29NS/c1-4-12-19-18-16-9-7-6-8-15(16)10-11-17(18)20-13-14(3)5-2/h6-9,14,17-19H,4-5,10-13H2,1-3H3. The molecule has 0 spiro atoms. The molecule has 2 heteroatoms. The third-order valence-corrected chi connectivity index (χ3v) is 6.06. The molecule has 0 heterocycles. The molecule has 0 saturated heterocycles. The fraction of sp³-hybridized carbons (Fsp3) is 0.667. The van der Waals surface area contributed by atoms with Gasteiger partial charge in [-0.1, -0.05) is 51.5 Å². The second-order valence-electron chi connectivity index (χ2n) is 6.05. The Bertz CT molecular complexity index is 404. The van der Waals surface area contributed by atoms with E-state index in [2.05, 4.69) is 62.1 Å². The van der Waals surface area contributed by atoms with Crippen LogP contribution in [0.15, 0.2) is 24.3 Å². The Morgan fingerprint density at radius 3 is 2.85 bits per heavy atom. The fourth-order valence-corrected chi connectivity index (χ4v) is 4.39. The third kappa shape index (κ3) is 4.02. The van der Waals surface area contributed by atoms with Crippen LogP contribution in [0, 0.1) is 5.92 Å². The summed E-state index contributed by atoms with van der Waals surface area (Å²) < 4.78 is 0. The van der Waals surface area contributed by atoms with Gasteiger partial charge in [-0.3, -0.25) is 0 Å². The van der Waals surface area contributed by atoms with Gasteiger partial charge in [0, 0.05) is 11.3 Å². The smallest absolute Gasteiger partial charge is 0.0443 e. The van der Waals surface area contributed by atoms with Gasteiger partial charge in [0.15, 0.2) is 0 Å². The number of fused-ring (bicyclic) bond motifs is 1. The number of aryl methyl sites for hydroxylation is 1. The Morgan fingerprint density at radius 2 is 2.10 bits per heavy atom. The van der Waals surface area contributed by atoms with Gasteiger partial charge >= 0.3 is 0 Å². The maximum absolute atomic E-state index is 3.80. The van der Waals surface area contributed by atoms with Gasteiger partial charge in [0.2, 0.25) is 0 Å². The number of benzene rings is 1. The van der Waals surface area contributed by atoms with Crippen molar-refractivity contribution in [3.8, 4) is 0 Å². The van der Waals surface area contributed by atoms with E-state index in [1.807, 2.05) is 0 Å². The predicted molar refractivity (Wildman–Crippen MR) is 91.5 cm³/mol. The molecule has 0 saturated carbocycles. The molecule has 112 valence electrons. The van der Waals surface area contributed by atoms with Crippen molar-refractivity contribution in [2.45, 2.75) is 57.7 Å². The van der Waals surface area contributed by atoms with Crippen LogP contribution >= 0.6 is 11.8 Å². The van der Waals surface area contributed by atoms with E-state index in [9.17, 15) is 0 Å². The van der Waals surface area contributed by atoms with Gasteiger partial charge in [-0.25, -0.2) is 0 Å². The topological polar surface area (TPSA) is 12.0 Å². The van der Waals surface area contributed by atoms with Crippen LogP contribution in [-0.4, -0.2) is 17.5 Å². The zero-order valence-electron chi connectivity index (χ0n) is 13.2. The fourth-order valence-electron chi connectivity index (χ4n) is 2.86. The van der Waals surface area contributed by atoms with Crippen molar-refractivity contribution in [2.75, 3.05) is 12.3 Å². The third-order valence-electron chi connectivity index (χ3n) is 4.37. The highest BCUT2D eigenvalue weighted by atomic mass is 32.2. The minimum Gasteiger partial charge on any atom is -0.309 e. The molecule has 1 aliphatic rings. The van der Waals surface area contributed by atoms with Crippen molar-refractivity contribution in [3.63, 3.8) is 0 Å². The van der Waals surface area contributed by atoms with Crippen LogP contribution < -0.4 is 5.32 Å². The van der Waals surface area contributed by atoms with Crippen molar-refractivity contribution in [2.24, 2.45) is 5.92 Å². The molecule has 1 aromatic rings. The van der Waals surface area contributed by atoms with E-state index in [-0.39, 0.29) is 0 Å². The molecule has 3 unspecified atom stereocenters. The Kier molecular flexibility index (Phi) is 6.44. The molecule has 1 nitrogen and oxygen atoms in total. The van der Waals surface area contributed by atoms with E-state index in [1.54, 1.807) is 11.1 Å². The van der Waals surface area contributed by atoms with Crippen LogP contribution in [0.4, 0.5) is 0 Å². The van der Waals surface area contributed by atoms with Crippen molar-refractivity contribution in [1.82, 2.24) is 5.32 Å². The Hall–Kier alpha value is -0.470. The Balaban J connectivity index is 2.07. The number of hydrogen-bond donors (Lipinski definition) is 1. The van der Waals surface area contributed by atoms with Gasteiger partial charge in [0.25, 0.3) is 0 Å². The lowest BCUT2D eigenvalue weighted by molar-refractivity contribution is 0.471. The van der Waals surface area contributed by atoms with Gasteiger partial charge in [-0.05, 0) is 48.6 Å². The summed E-state index contributed by atoms with van der Waals surface area (Å²) in [7, 11) is 0. The lowest BCUT2D eigenvalue weighted by Gasteiger charge is -2.34. The number of rotatable bonds is 7. The van der Waals surface area contributed by atoms with E-state index >= 15 is 0 Å². The van der Waals surface area contributed by atoms with E-state index < -0.39 is 0 Å². The van der Waals surface area contributed by atoms with Gasteiger partial charge < -0.3 is 5.32 Å². The molecule has 1 aliphatic carbocycles. The SMILES string of the molecule is CCCNC1c2ccccc2CCC1SCC(C)CC. The van der Waals surface area contributed by atoms with Crippen LogP contribution in [0.3, 0.4) is 0 Å². The zero-order valence-corrected chi connectivity index (χ0v) is 14.0. The minimum absolute atomic E-state index is 0.550.